The minimum atomic E-state index is -0.605. The second-order valence-corrected chi connectivity index (χ2v) is 10.3. The summed E-state index contributed by atoms with van der Waals surface area (Å²) in [6.07, 6.45) is 3.37. The van der Waals surface area contributed by atoms with Crippen molar-refractivity contribution in [2.75, 3.05) is 6.61 Å². The van der Waals surface area contributed by atoms with Gasteiger partial charge in [0.15, 0.2) is 0 Å². The number of ether oxygens (including phenoxy) is 2. The molecule has 7 unspecified atom stereocenters. The van der Waals surface area contributed by atoms with Crippen molar-refractivity contribution >= 4 is 28.6 Å². The van der Waals surface area contributed by atoms with E-state index in [1.807, 2.05) is 0 Å². The van der Waals surface area contributed by atoms with Crippen molar-refractivity contribution in [2.24, 2.45) is 17.3 Å². The van der Waals surface area contributed by atoms with E-state index < -0.39 is 6.29 Å². The molecule has 1 spiro atoms. The van der Waals surface area contributed by atoms with E-state index in [0.717, 1.165) is 25.7 Å². The second-order valence-electron chi connectivity index (χ2n) is 6.34. The van der Waals surface area contributed by atoms with Crippen LogP contribution < -0.4 is 25.0 Å². The molecule has 0 amide bonds. The van der Waals surface area contributed by atoms with Gasteiger partial charge in [-0.3, -0.25) is 0 Å². The van der Waals surface area contributed by atoms with Crippen LogP contribution in [0.5, 0.6) is 0 Å². The summed E-state index contributed by atoms with van der Waals surface area (Å²) in [4.78, 5) is 12.1. The second kappa shape index (κ2) is 5.17. The fraction of sp³-hybridized carbons (Fsp3) is 0.923. The molecule has 2 saturated carbocycles. The first-order valence-corrected chi connectivity index (χ1v) is 10.7. The quantitative estimate of drug-likeness (QED) is 0.114. The summed E-state index contributed by atoms with van der Waals surface area (Å²) < 4.78 is 14.8. The Morgan fingerprint density at radius 2 is 2.35 bits per heavy atom. The van der Waals surface area contributed by atoms with Gasteiger partial charge in [-0.15, -0.1) is 0 Å². The van der Waals surface area contributed by atoms with E-state index in [1.54, 1.807) is 0 Å². The molecule has 7 atom stereocenters. The number of carbonyl (C=O) groups is 1. The molecule has 0 radical (unpaired) electrons. The number of aliphatic hydroxyl groups excluding tert-OH is 1. The average molecular weight is 506 g/mol. The number of hydrogen-bond donors (Lipinski definition) is 2. The minimum absolute atomic E-state index is 0.0195. The molecule has 4 fully saturated rings. The summed E-state index contributed by atoms with van der Waals surface area (Å²) in [5.41, 5.74) is -0.0408. The van der Waals surface area contributed by atoms with Crippen molar-refractivity contribution in [3.8, 4) is 0 Å². The van der Waals surface area contributed by atoms with E-state index in [1.165, 1.54) is 0 Å². The van der Waals surface area contributed by atoms with Crippen LogP contribution in [0, 0.1) is 17.3 Å². The molecule has 2 aliphatic heterocycles. The molecule has 4 rings (SSSR count). The molecule has 0 aromatic heterocycles. The van der Waals surface area contributed by atoms with Crippen molar-refractivity contribution in [3.63, 3.8) is 0 Å². The van der Waals surface area contributed by atoms with Gasteiger partial charge in [-0.1, -0.05) is 0 Å². The summed E-state index contributed by atoms with van der Waals surface area (Å²) in [5, 5.41) is 10.1. The molecular formula is C13H18I2NO4-. The molecule has 5 nitrogen and oxygen atoms in total. The van der Waals surface area contributed by atoms with Gasteiger partial charge in [0, 0.05) is 0 Å². The molecule has 2 aliphatic carbocycles. The maximum atomic E-state index is 12.1. The van der Waals surface area contributed by atoms with Crippen molar-refractivity contribution in [1.29, 1.82) is 0 Å². The molecule has 2 bridgehead atoms. The Hall–Kier alpha value is 0.810. The van der Waals surface area contributed by atoms with Crippen LogP contribution >= 0.6 is 22.6 Å². The molecule has 0 aromatic carbocycles. The summed E-state index contributed by atoms with van der Waals surface area (Å²) in [6, 6.07) is 0. The number of fused-ring (bicyclic) bond motifs is 3. The normalized spacial score (nSPS) is 51.0. The van der Waals surface area contributed by atoms with E-state index in [9.17, 15) is 9.90 Å². The fourth-order valence-electron chi connectivity index (χ4n) is 4.31. The molecule has 2 N–H and O–H groups in total. The molecule has 4 aliphatic rings. The van der Waals surface area contributed by atoms with E-state index in [2.05, 4.69) is 26.1 Å². The Kier molecular flexibility index (Phi) is 3.73. The molecule has 20 heavy (non-hydrogen) atoms. The molecule has 7 heteroatoms. The van der Waals surface area contributed by atoms with Crippen LogP contribution in [-0.4, -0.2) is 38.0 Å². The van der Waals surface area contributed by atoms with Gasteiger partial charge in [0.2, 0.25) is 0 Å². The van der Waals surface area contributed by atoms with Crippen LogP contribution in [0.25, 0.3) is 0 Å². The summed E-state index contributed by atoms with van der Waals surface area (Å²) in [5.74, 6) is 0.836. The van der Waals surface area contributed by atoms with Crippen molar-refractivity contribution in [1.82, 2.24) is 3.53 Å². The zero-order valence-electron chi connectivity index (χ0n) is 10.9. The van der Waals surface area contributed by atoms with Crippen LogP contribution in [-0.2, 0) is 14.3 Å². The topological polar surface area (TPSA) is 77.7 Å². The van der Waals surface area contributed by atoms with E-state index >= 15 is 0 Å². The summed E-state index contributed by atoms with van der Waals surface area (Å²) in [7, 11) is 0. The third-order valence-electron chi connectivity index (χ3n) is 5.40. The zero-order valence-corrected chi connectivity index (χ0v) is 15.2. The van der Waals surface area contributed by atoms with Crippen LogP contribution in [0.2, 0.25) is 0 Å². The van der Waals surface area contributed by atoms with E-state index in [-0.39, 0.29) is 42.9 Å². The maximum absolute atomic E-state index is 12.1. The van der Waals surface area contributed by atoms with Crippen LogP contribution in [0.1, 0.15) is 25.7 Å². The number of esters is 1. The first kappa shape index (κ1) is 14.4. The number of rotatable bonds is 3. The standard InChI is InChI=1S/C13H18I2NO4/c14-9(10-15-16-10)11(17)20-8-4-7-3-6(8)5-13(7)1-2-19-12(13)18/h6-10,12,16,18H,1-5H2/q-1. The summed E-state index contributed by atoms with van der Waals surface area (Å²) >= 11 is 2.25. The molecule has 2 heterocycles. The molecule has 114 valence electrons. The van der Waals surface area contributed by atoms with Crippen molar-refractivity contribution in [2.45, 2.75) is 46.1 Å². The monoisotopic (exact) mass is 506 g/mol. The van der Waals surface area contributed by atoms with Gasteiger partial charge in [-0.2, -0.15) is 0 Å². The van der Waals surface area contributed by atoms with Gasteiger partial charge in [-0.25, -0.2) is 0 Å². The number of alkyl halides is 2. The summed E-state index contributed by atoms with van der Waals surface area (Å²) in [6.45, 7) is 0.668. The van der Waals surface area contributed by atoms with Gasteiger partial charge < -0.3 is 0 Å². The Morgan fingerprint density at radius 3 is 2.90 bits per heavy atom. The number of nitrogens with one attached hydrogen (secondary N) is 1. The van der Waals surface area contributed by atoms with Gasteiger partial charge in [0.05, 0.1) is 0 Å². The predicted octanol–water partition coefficient (Wildman–Crippen LogP) is -2.21. The third-order valence-corrected chi connectivity index (χ3v) is 10.1. The Labute approximate surface area is 142 Å². The van der Waals surface area contributed by atoms with E-state index in [0.29, 0.717) is 22.5 Å². The number of halogens is 2. The van der Waals surface area contributed by atoms with Gasteiger partial charge in [-0.05, 0) is 0 Å². The molecule has 0 aromatic rings. The van der Waals surface area contributed by atoms with Crippen molar-refractivity contribution < 1.29 is 40.9 Å². The zero-order chi connectivity index (χ0) is 13.9. The number of aliphatic hydroxyl groups is 1. The molecular weight excluding hydrogens is 488 g/mol. The Balaban J connectivity index is 1.39. The first-order valence-electron chi connectivity index (χ1n) is 7.12. The van der Waals surface area contributed by atoms with Gasteiger partial charge >= 0.3 is 143 Å². The molecule has 2 saturated heterocycles. The van der Waals surface area contributed by atoms with Crippen molar-refractivity contribution in [3.05, 3.63) is 0 Å². The first-order chi connectivity index (χ1) is 9.60. The van der Waals surface area contributed by atoms with Crippen LogP contribution in [0.3, 0.4) is 0 Å². The van der Waals surface area contributed by atoms with Crippen LogP contribution in [0.15, 0.2) is 0 Å². The van der Waals surface area contributed by atoms with E-state index in [4.69, 9.17) is 9.47 Å². The van der Waals surface area contributed by atoms with Gasteiger partial charge in [0.1, 0.15) is 0 Å². The van der Waals surface area contributed by atoms with Crippen LogP contribution in [0.4, 0.5) is 0 Å². The average Bonchev–Trinajstić information content (AvgIpc) is 3.00. The Morgan fingerprint density at radius 1 is 1.55 bits per heavy atom. The fourth-order valence-corrected chi connectivity index (χ4v) is 7.41. The number of carbonyl (C=O) groups excluding carboxylic acids is 1. The SMILES string of the molecule is O=C(OC1CC2CC1CC21CCOC1O)C(I)C1N[I-]1. The van der Waals surface area contributed by atoms with Gasteiger partial charge in [0.25, 0.3) is 0 Å². The Bertz CT molecular complexity index is 433. The number of hydrogen-bond acceptors (Lipinski definition) is 5. The third kappa shape index (κ3) is 2.22. The predicted molar refractivity (Wildman–Crippen MR) is 74.5 cm³/mol.